The third-order valence-corrected chi connectivity index (χ3v) is 6.76. The van der Waals surface area contributed by atoms with Crippen LogP contribution < -0.4 is 10.6 Å². The fraction of sp³-hybridized carbons (Fsp3) is 0.455. The first-order chi connectivity index (χ1) is 14.7. The first-order valence-corrected chi connectivity index (χ1v) is 11.5. The Kier molecular flexibility index (Phi) is 5.59. The van der Waals surface area contributed by atoms with E-state index in [-0.39, 0.29) is 0 Å². The van der Waals surface area contributed by atoms with Gasteiger partial charge in [0, 0.05) is 36.6 Å². The first kappa shape index (κ1) is 19.4. The molecule has 2 aromatic heterocycles. The molecule has 0 unspecified atom stereocenters. The molecule has 1 saturated carbocycles. The van der Waals surface area contributed by atoms with Crippen molar-refractivity contribution in [3.63, 3.8) is 0 Å². The van der Waals surface area contributed by atoms with Gasteiger partial charge in [0.15, 0.2) is 0 Å². The van der Waals surface area contributed by atoms with Crippen molar-refractivity contribution in [3.05, 3.63) is 36.7 Å². The molecule has 0 bridgehead atoms. The van der Waals surface area contributed by atoms with Crippen LogP contribution in [0.3, 0.4) is 0 Å². The summed E-state index contributed by atoms with van der Waals surface area (Å²) in [7, 11) is 0. The fourth-order valence-electron chi connectivity index (χ4n) is 4.28. The maximum atomic E-state index is 6.27. The minimum absolute atomic E-state index is 0.394. The highest BCUT2D eigenvalue weighted by atomic mass is 32.1. The van der Waals surface area contributed by atoms with Gasteiger partial charge in [0.2, 0.25) is 11.1 Å². The van der Waals surface area contributed by atoms with Crippen molar-refractivity contribution in [3.8, 4) is 21.7 Å². The highest BCUT2D eigenvalue weighted by Gasteiger charge is 2.25. The monoisotopic (exact) mass is 422 g/mol. The molecule has 3 heterocycles. The zero-order valence-electron chi connectivity index (χ0n) is 16.9. The van der Waals surface area contributed by atoms with Crippen molar-refractivity contribution < 1.29 is 4.74 Å². The minimum Gasteiger partial charge on any atom is -0.375 e. The summed E-state index contributed by atoms with van der Waals surface area (Å²) < 4.78 is 6.27. The summed E-state index contributed by atoms with van der Waals surface area (Å²) >= 11 is 1.39. The van der Waals surface area contributed by atoms with E-state index in [9.17, 15) is 0 Å². The molecule has 1 saturated heterocycles. The number of piperidine rings is 1. The van der Waals surface area contributed by atoms with E-state index in [4.69, 9.17) is 10.5 Å². The standard InChI is InChI=1S/C22H26N6OS/c23-21-27-26-20(30-21)16-7-5-15(6-8-16)17-13-24-22(25-14-17)28-11-9-19(10-12-28)29-18-3-1-2-4-18/h5-8,13-14,18-19H,1-4,9-12H2,(H2,23,27). The van der Waals surface area contributed by atoms with Gasteiger partial charge >= 0.3 is 0 Å². The molecule has 0 radical (unpaired) electrons. The van der Waals surface area contributed by atoms with Gasteiger partial charge in [-0.25, -0.2) is 9.97 Å². The van der Waals surface area contributed by atoms with Crippen molar-refractivity contribution in [2.75, 3.05) is 23.7 Å². The van der Waals surface area contributed by atoms with Crippen molar-refractivity contribution in [1.82, 2.24) is 20.2 Å². The molecule has 7 nitrogen and oxygen atoms in total. The van der Waals surface area contributed by atoms with Crippen LogP contribution in [0.4, 0.5) is 11.1 Å². The molecule has 30 heavy (non-hydrogen) atoms. The van der Waals surface area contributed by atoms with Crippen molar-refractivity contribution in [2.45, 2.75) is 50.7 Å². The van der Waals surface area contributed by atoms with Crippen LogP contribution in [0, 0.1) is 0 Å². The number of nitrogen functional groups attached to an aromatic ring is 1. The lowest BCUT2D eigenvalue weighted by Gasteiger charge is -2.33. The zero-order chi connectivity index (χ0) is 20.3. The molecule has 5 rings (SSSR count). The largest absolute Gasteiger partial charge is 0.375 e. The second kappa shape index (κ2) is 8.65. The molecule has 3 aromatic rings. The van der Waals surface area contributed by atoms with Gasteiger partial charge in [-0.3, -0.25) is 0 Å². The molecule has 0 amide bonds. The Morgan fingerprint density at radius 2 is 1.47 bits per heavy atom. The second-order valence-electron chi connectivity index (χ2n) is 8.02. The number of nitrogens with zero attached hydrogens (tertiary/aromatic N) is 5. The van der Waals surface area contributed by atoms with E-state index >= 15 is 0 Å². The van der Waals surface area contributed by atoms with Gasteiger partial charge < -0.3 is 15.4 Å². The lowest BCUT2D eigenvalue weighted by atomic mass is 10.1. The molecule has 1 aliphatic heterocycles. The summed E-state index contributed by atoms with van der Waals surface area (Å²) in [4.78, 5) is 11.5. The molecule has 0 spiro atoms. The number of rotatable bonds is 5. The molecule has 1 aromatic carbocycles. The maximum Gasteiger partial charge on any atom is 0.225 e. The van der Waals surface area contributed by atoms with Gasteiger partial charge in [0.05, 0.1) is 12.2 Å². The molecule has 2 aliphatic rings. The normalized spacial score (nSPS) is 18.2. The summed E-state index contributed by atoms with van der Waals surface area (Å²) in [6, 6.07) is 8.16. The average Bonchev–Trinajstić information content (AvgIpc) is 3.46. The number of ether oxygens (including phenoxy) is 1. The Morgan fingerprint density at radius 3 is 2.10 bits per heavy atom. The van der Waals surface area contributed by atoms with Gasteiger partial charge in [-0.2, -0.15) is 0 Å². The van der Waals surface area contributed by atoms with Crippen LogP contribution in [-0.2, 0) is 4.74 Å². The van der Waals surface area contributed by atoms with Gasteiger partial charge in [-0.05, 0) is 31.2 Å². The summed E-state index contributed by atoms with van der Waals surface area (Å²) in [5.41, 5.74) is 8.76. The van der Waals surface area contributed by atoms with E-state index in [1.54, 1.807) is 0 Å². The van der Waals surface area contributed by atoms with E-state index in [0.29, 0.717) is 17.3 Å². The van der Waals surface area contributed by atoms with Crippen LogP contribution >= 0.6 is 11.3 Å². The third-order valence-electron chi connectivity index (χ3n) is 5.96. The first-order valence-electron chi connectivity index (χ1n) is 10.7. The van der Waals surface area contributed by atoms with Gasteiger partial charge in [-0.15, -0.1) is 10.2 Å². The van der Waals surface area contributed by atoms with E-state index in [0.717, 1.165) is 53.6 Å². The van der Waals surface area contributed by atoms with Gasteiger partial charge in [0.1, 0.15) is 5.01 Å². The number of benzene rings is 1. The van der Waals surface area contributed by atoms with Crippen molar-refractivity contribution in [1.29, 1.82) is 0 Å². The molecule has 1 aliphatic carbocycles. The van der Waals surface area contributed by atoms with E-state index in [2.05, 4.69) is 37.2 Å². The highest BCUT2D eigenvalue weighted by Crippen LogP contribution is 2.29. The predicted octanol–water partition coefficient (Wildman–Crippen LogP) is 4.17. The Morgan fingerprint density at radius 1 is 0.833 bits per heavy atom. The van der Waals surface area contributed by atoms with Gasteiger partial charge in [-0.1, -0.05) is 48.4 Å². The Hall–Kier alpha value is -2.58. The molecule has 8 heteroatoms. The number of hydrogen-bond acceptors (Lipinski definition) is 8. The number of anilines is 2. The van der Waals surface area contributed by atoms with Crippen LogP contribution in [0.25, 0.3) is 21.7 Å². The quantitative estimate of drug-likeness (QED) is 0.660. The molecule has 2 fully saturated rings. The number of nitrogens with two attached hydrogens (primary N) is 1. The smallest absolute Gasteiger partial charge is 0.225 e. The summed E-state index contributed by atoms with van der Waals surface area (Å²) in [6.45, 7) is 1.91. The fourth-order valence-corrected chi connectivity index (χ4v) is 4.89. The minimum atomic E-state index is 0.394. The van der Waals surface area contributed by atoms with Crippen LogP contribution in [0.5, 0.6) is 0 Å². The van der Waals surface area contributed by atoms with Crippen molar-refractivity contribution in [2.24, 2.45) is 0 Å². The number of aromatic nitrogens is 4. The second-order valence-corrected chi connectivity index (χ2v) is 9.03. The van der Waals surface area contributed by atoms with Crippen LogP contribution in [0.2, 0.25) is 0 Å². The van der Waals surface area contributed by atoms with E-state index in [1.165, 1.54) is 37.0 Å². The Balaban J connectivity index is 1.19. The van der Waals surface area contributed by atoms with Gasteiger partial charge in [0.25, 0.3) is 0 Å². The Bertz CT molecular complexity index is 960. The Labute approximate surface area is 180 Å². The zero-order valence-corrected chi connectivity index (χ0v) is 17.7. The molecular formula is C22H26N6OS. The average molecular weight is 423 g/mol. The van der Waals surface area contributed by atoms with Crippen LogP contribution in [-0.4, -0.2) is 45.5 Å². The summed E-state index contributed by atoms with van der Waals surface area (Å²) in [6.07, 6.45) is 11.9. The highest BCUT2D eigenvalue weighted by molar-refractivity contribution is 7.18. The topological polar surface area (TPSA) is 90.0 Å². The third kappa shape index (κ3) is 4.29. The van der Waals surface area contributed by atoms with Crippen LogP contribution in [0.1, 0.15) is 38.5 Å². The maximum absolute atomic E-state index is 6.27. The lowest BCUT2D eigenvalue weighted by molar-refractivity contribution is -0.0195. The predicted molar refractivity (Wildman–Crippen MR) is 119 cm³/mol. The summed E-state index contributed by atoms with van der Waals surface area (Å²) in [5.74, 6) is 0.805. The molecule has 2 N–H and O–H groups in total. The van der Waals surface area contributed by atoms with Crippen molar-refractivity contribution >= 4 is 22.4 Å². The van der Waals surface area contributed by atoms with Crippen LogP contribution in [0.15, 0.2) is 36.7 Å². The van der Waals surface area contributed by atoms with E-state index < -0.39 is 0 Å². The molecular weight excluding hydrogens is 396 g/mol. The molecule has 156 valence electrons. The SMILES string of the molecule is Nc1nnc(-c2ccc(-c3cnc(N4CCC(OC5CCCC5)CC4)nc3)cc2)s1. The van der Waals surface area contributed by atoms with E-state index in [1.807, 2.05) is 24.5 Å². The number of hydrogen-bond donors (Lipinski definition) is 1. The molecule has 0 atom stereocenters. The summed E-state index contributed by atoms with van der Waals surface area (Å²) in [5, 5.41) is 9.27. The lowest BCUT2D eigenvalue weighted by Crippen LogP contribution is -2.39.